The molecule has 1 N–H and O–H groups in total. The summed E-state index contributed by atoms with van der Waals surface area (Å²) in [6.45, 7) is 6.36. The summed E-state index contributed by atoms with van der Waals surface area (Å²) in [6.07, 6.45) is 2.60. The molecule has 0 radical (unpaired) electrons. The van der Waals surface area contributed by atoms with Crippen LogP contribution in [0.25, 0.3) is 11.3 Å². The third-order valence-electron chi connectivity index (χ3n) is 4.68. The Kier molecular flexibility index (Phi) is 5.82. The number of hydrogen-bond acceptors (Lipinski definition) is 4. The molecule has 1 aliphatic rings. The molecule has 1 fully saturated rings. The van der Waals surface area contributed by atoms with Crippen LogP contribution >= 0.6 is 11.6 Å². The number of hydrogen-bond donors (Lipinski definition) is 1. The summed E-state index contributed by atoms with van der Waals surface area (Å²) in [6, 6.07) is 10.4. The van der Waals surface area contributed by atoms with Gasteiger partial charge in [0.2, 0.25) is 0 Å². The molecule has 2 heterocycles. The van der Waals surface area contributed by atoms with Crippen molar-refractivity contribution in [3.63, 3.8) is 0 Å². The quantitative estimate of drug-likeness (QED) is 0.814. The molecule has 24 heavy (non-hydrogen) atoms. The van der Waals surface area contributed by atoms with Crippen LogP contribution in [-0.4, -0.2) is 37.7 Å². The van der Waals surface area contributed by atoms with E-state index in [-0.39, 0.29) is 0 Å². The molecule has 0 amide bonds. The van der Waals surface area contributed by atoms with E-state index in [1.165, 1.54) is 19.4 Å². The fraction of sp³-hybridized carbons (Fsp3) is 0.474. The maximum Gasteiger partial charge on any atom is 0.137 e. The molecule has 130 valence electrons. The van der Waals surface area contributed by atoms with Crippen LogP contribution in [0.1, 0.15) is 25.5 Å². The molecule has 3 rings (SSSR count). The Morgan fingerprint density at radius 3 is 2.96 bits per heavy atom. The molecule has 5 heteroatoms. The zero-order chi connectivity index (χ0) is 16.9. The van der Waals surface area contributed by atoms with Crippen molar-refractivity contribution >= 4 is 11.6 Å². The minimum absolute atomic E-state index is 0.590. The highest BCUT2D eigenvalue weighted by Crippen LogP contribution is 2.31. The number of benzene rings is 1. The summed E-state index contributed by atoms with van der Waals surface area (Å²) in [7, 11) is 1.61. The number of halogens is 1. The van der Waals surface area contributed by atoms with Crippen LogP contribution in [0.15, 0.2) is 34.7 Å². The Bertz CT molecular complexity index is 671. The van der Waals surface area contributed by atoms with Crippen molar-refractivity contribution in [2.24, 2.45) is 0 Å². The molecule has 0 saturated carbocycles. The van der Waals surface area contributed by atoms with E-state index in [1.54, 1.807) is 7.11 Å². The van der Waals surface area contributed by atoms with Gasteiger partial charge in [-0.05, 0) is 56.3 Å². The molecule has 4 nitrogen and oxygen atoms in total. The lowest BCUT2D eigenvalue weighted by Gasteiger charge is -2.22. The number of ether oxygens (including phenoxy) is 1. The van der Waals surface area contributed by atoms with E-state index >= 15 is 0 Å². The van der Waals surface area contributed by atoms with E-state index in [0.717, 1.165) is 36.7 Å². The standard InChI is InChI=1S/C19H25ClN2O2/c1-3-22-10-4-5-15(22)12-21-13-16-7-9-18(24-16)14-6-8-19(23-2)17(20)11-14/h6-9,11,15,21H,3-5,10,12-13H2,1-2H3/t15-/m1/s1. The fourth-order valence-electron chi connectivity index (χ4n) is 3.35. The number of likely N-dealkylation sites (N-methyl/N-ethyl adjacent to an activating group) is 1. The van der Waals surface area contributed by atoms with Gasteiger partial charge >= 0.3 is 0 Å². The number of furan rings is 1. The second-order valence-electron chi connectivity index (χ2n) is 6.17. The van der Waals surface area contributed by atoms with Gasteiger partial charge < -0.3 is 14.5 Å². The molecular formula is C19H25ClN2O2. The van der Waals surface area contributed by atoms with Gasteiger partial charge in [-0.15, -0.1) is 0 Å². The largest absolute Gasteiger partial charge is 0.495 e. The first-order valence-corrected chi connectivity index (χ1v) is 8.96. The molecule has 2 aromatic rings. The number of likely N-dealkylation sites (tertiary alicyclic amines) is 1. The van der Waals surface area contributed by atoms with Crippen LogP contribution in [0.3, 0.4) is 0 Å². The van der Waals surface area contributed by atoms with Crippen molar-refractivity contribution in [1.29, 1.82) is 0 Å². The zero-order valence-corrected chi connectivity index (χ0v) is 15.1. The topological polar surface area (TPSA) is 37.6 Å². The Morgan fingerprint density at radius 2 is 2.21 bits per heavy atom. The van der Waals surface area contributed by atoms with Crippen LogP contribution in [0, 0.1) is 0 Å². The van der Waals surface area contributed by atoms with Crippen molar-refractivity contribution in [1.82, 2.24) is 10.2 Å². The van der Waals surface area contributed by atoms with Gasteiger partial charge in [0, 0.05) is 18.2 Å². The Labute approximate surface area is 148 Å². The number of nitrogens with zero attached hydrogens (tertiary/aromatic N) is 1. The molecule has 0 unspecified atom stereocenters. The van der Waals surface area contributed by atoms with Gasteiger partial charge in [-0.2, -0.15) is 0 Å². The average molecular weight is 349 g/mol. The Morgan fingerprint density at radius 1 is 1.33 bits per heavy atom. The normalized spacial score (nSPS) is 18.2. The van der Waals surface area contributed by atoms with E-state index < -0.39 is 0 Å². The second-order valence-corrected chi connectivity index (χ2v) is 6.58. The van der Waals surface area contributed by atoms with E-state index in [9.17, 15) is 0 Å². The van der Waals surface area contributed by atoms with E-state index in [2.05, 4.69) is 17.1 Å². The maximum absolute atomic E-state index is 6.19. The predicted molar refractivity (Wildman–Crippen MR) is 97.7 cm³/mol. The Hall–Kier alpha value is -1.49. The van der Waals surface area contributed by atoms with Gasteiger partial charge in [0.25, 0.3) is 0 Å². The highest BCUT2D eigenvalue weighted by atomic mass is 35.5. The van der Waals surface area contributed by atoms with Crippen molar-refractivity contribution in [2.75, 3.05) is 26.7 Å². The lowest BCUT2D eigenvalue weighted by molar-refractivity contribution is 0.258. The van der Waals surface area contributed by atoms with Gasteiger partial charge in [0.1, 0.15) is 17.3 Å². The third kappa shape index (κ3) is 3.94. The van der Waals surface area contributed by atoms with Crippen LogP contribution in [0.4, 0.5) is 0 Å². The minimum Gasteiger partial charge on any atom is -0.495 e. The summed E-state index contributed by atoms with van der Waals surface area (Å²) in [5.74, 6) is 2.44. The fourth-order valence-corrected chi connectivity index (χ4v) is 3.61. The summed E-state index contributed by atoms with van der Waals surface area (Å²) in [4.78, 5) is 2.54. The van der Waals surface area contributed by atoms with Crippen LogP contribution in [0.2, 0.25) is 5.02 Å². The highest BCUT2D eigenvalue weighted by Gasteiger charge is 2.22. The smallest absolute Gasteiger partial charge is 0.137 e. The molecule has 1 aromatic carbocycles. The van der Waals surface area contributed by atoms with Gasteiger partial charge in [-0.1, -0.05) is 18.5 Å². The molecule has 0 spiro atoms. The summed E-state index contributed by atoms with van der Waals surface area (Å²) in [5.41, 5.74) is 0.958. The summed E-state index contributed by atoms with van der Waals surface area (Å²) >= 11 is 6.19. The van der Waals surface area contributed by atoms with Crippen LogP contribution in [-0.2, 0) is 6.54 Å². The highest BCUT2D eigenvalue weighted by molar-refractivity contribution is 6.32. The number of rotatable bonds is 7. The zero-order valence-electron chi connectivity index (χ0n) is 14.3. The first-order valence-electron chi connectivity index (χ1n) is 8.58. The SMILES string of the molecule is CCN1CCC[C@@H]1CNCc1ccc(-c2ccc(OC)c(Cl)c2)o1. The van der Waals surface area contributed by atoms with Crippen LogP contribution in [0.5, 0.6) is 5.75 Å². The van der Waals surface area contributed by atoms with Crippen molar-refractivity contribution in [2.45, 2.75) is 32.4 Å². The Balaban J connectivity index is 1.56. The molecule has 1 saturated heterocycles. The third-order valence-corrected chi connectivity index (χ3v) is 4.98. The minimum atomic E-state index is 0.590. The number of nitrogens with one attached hydrogen (secondary N) is 1. The van der Waals surface area contributed by atoms with Crippen molar-refractivity contribution in [3.8, 4) is 17.1 Å². The van der Waals surface area contributed by atoms with Crippen LogP contribution < -0.4 is 10.1 Å². The maximum atomic E-state index is 6.19. The predicted octanol–water partition coefficient (Wildman–Crippen LogP) is 4.18. The van der Waals surface area contributed by atoms with Gasteiger partial charge in [-0.25, -0.2) is 0 Å². The molecule has 1 atom stereocenters. The molecular weight excluding hydrogens is 324 g/mol. The summed E-state index contributed by atoms with van der Waals surface area (Å²) in [5, 5.41) is 4.11. The van der Waals surface area contributed by atoms with E-state index in [1.807, 2.05) is 30.3 Å². The monoisotopic (exact) mass is 348 g/mol. The lowest BCUT2D eigenvalue weighted by atomic mass is 10.2. The molecule has 1 aromatic heterocycles. The molecule has 1 aliphatic heterocycles. The summed E-state index contributed by atoms with van der Waals surface area (Å²) < 4.78 is 11.1. The average Bonchev–Trinajstić information content (AvgIpc) is 3.24. The van der Waals surface area contributed by atoms with Crippen molar-refractivity contribution in [3.05, 3.63) is 41.1 Å². The van der Waals surface area contributed by atoms with Gasteiger partial charge in [-0.3, -0.25) is 4.90 Å². The van der Waals surface area contributed by atoms with Gasteiger partial charge in [0.15, 0.2) is 0 Å². The van der Waals surface area contributed by atoms with E-state index in [4.69, 9.17) is 20.8 Å². The van der Waals surface area contributed by atoms with Gasteiger partial charge in [0.05, 0.1) is 18.7 Å². The first-order chi connectivity index (χ1) is 11.7. The molecule has 0 aliphatic carbocycles. The molecule has 0 bridgehead atoms. The van der Waals surface area contributed by atoms with Crippen molar-refractivity contribution < 1.29 is 9.15 Å². The number of methoxy groups -OCH3 is 1. The van der Waals surface area contributed by atoms with E-state index in [0.29, 0.717) is 16.8 Å². The first kappa shape index (κ1) is 17.3. The second kappa shape index (κ2) is 8.06. The lowest BCUT2D eigenvalue weighted by Crippen LogP contribution is -2.37.